The molecule has 0 aromatic heterocycles. The first-order valence-electron chi connectivity index (χ1n) is 5.98. The van der Waals surface area contributed by atoms with E-state index in [1.165, 1.54) is 0 Å². The third kappa shape index (κ3) is 10.0. The summed E-state index contributed by atoms with van der Waals surface area (Å²) in [7, 11) is 5.64. The number of ether oxygens (including phenoxy) is 1. The number of aliphatic carboxylic acids is 1. The molecule has 6 nitrogen and oxygen atoms in total. The van der Waals surface area contributed by atoms with Gasteiger partial charge < -0.3 is 24.2 Å². The number of esters is 1. The van der Waals surface area contributed by atoms with Crippen LogP contribution in [0.25, 0.3) is 0 Å². The zero-order valence-electron chi connectivity index (χ0n) is 11.5. The lowest BCUT2D eigenvalue weighted by atomic mass is 10.2. The minimum Gasteiger partial charge on any atom is -0.550 e. The number of carboxylic acids is 1. The Kier molecular flexibility index (Phi) is 6.86. The summed E-state index contributed by atoms with van der Waals surface area (Å²) in [6, 6.07) is 0. The Balaban J connectivity index is 4.31. The lowest BCUT2D eigenvalue weighted by Gasteiger charge is -2.29. The maximum absolute atomic E-state index is 11.5. The molecule has 0 spiro atoms. The van der Waals surface area contributed by atoms with Crippen molar-refractivity contribution in [3.05, 3.63) is 0 Å². The van der Waals surface area contributed by atoms with E-state index < -0.39 is 24.1 Å². The first kappa shape index (κ1) is 16.9. The van der Waals surface area contributed by atoms with E-state index in [0.29, 0.717) is 17.4 Å². The molecular formula is C12H23NO5. The fourth-order valence-corrected chi connectivity index (χ4v) is 1.51. The quantitative estimate of drug-likeness (QED) is 0.443. The SMILES string of the molecule is CC(O)CCC(=O)OC(CC(=O)[O-])C[N+](C)(C)C. The van der Waals surface area contributed by atoms with Crippen LogP contribution in [-0.2, 0) is 14.3 Å². The third-order valence-electron chi connectivity index (χ3n) is 2.21. The molecule has 0 aromatic carbocycles. The molecule has 18 heavy (non-hydrogen) atoms. The number of hydrogen-bond acceptors (Lipinski definition) is 5. The highest BCUT2D eigenvalue weighted by Gasteiger charge is 2.22. The molecule has 0 saturated carbocycles. The highest BCUT2D eigenvalue weighted by molar-refractivity contribution is 5.70. The molecule has 0 bridgehead atoms. The number of quaternary nitrogens is 1. The molecule has 0 aliphatic heterocycles. The van der Waals surface area contributed by atoms with E-state index in [9.17, 15) is 14.7 Å². The van der Waals surface area contributed by atoms with Gasteiger partial charge in [0.05, 0.1) is 27.2 Å². The summed E-state index contributed by atoms with van der Waals surface area (Å²) in [6.07, 6.45) is -1.19. The molecule has 2 unspecified atom stereocenters. The molecule has 0 amide bonds. The minimum absolute atomic E-state index is 0.0817. The number of hydrogen-bond donors (Lipinski definition) is 1. The van der Waals surface area contributed by atoms with Crippen molar-refractivity contribution in [2.24, 2.45) is 0 Å². The van der Waals surface area contributed by atoms with Crippen molar-refractivity contribution in [2.75, 3.05) is 27.7 Å². The summed E-state index contributed by atoms with van der Waals surface area (Å²) in [5, 5.41) is 19.6. The fourth-order valence-electron chi connectivity index (χ4n) is 1.51. The van der Waals surface area contributed by atoms with Crippen LogP contribution in [0.5, 0.6) is 0 Å². The van der Waals surface area contributed by atoms with Crippen LogP contribution in [0.3, 0.4) is 0 Å². The molecule has 0 heterocycles. The van der Waals surface area contributed by atoms with Crippen molar-refractivity contribution in [2.45, 2.75) is 38.4 Å². The summed E-state index contributed by atoms with van der Waals surface area (Å²) in [5.41, 5.74) is 0. The van der Waals surface area contributed by atoms with E-state index in [2.05, 4.69) is 0 Å². The predicted molar refractivity (Wildman–Crippen MR) is 63.3 cm³/mol. The van der Waals surface area contributed by atoms with Crippen LogP contribution in [0.15, 0.2) is 0 Å². The van der Waals surface area contributed by atoms with Gasteiger partial charge in [-0.3, -0.25) is 4.79 Å². The van der Waals surface area contributed by atoms with Gasteiger partial charge in [0.25, 0.3) is 0 Å². The van der Waals surface area contributed by atoms with E-state index in [1.54, 1.807) is 6.92 Å². The van der Waals surface area contributed by atoms with Crippen LogP contribution >= 0.6 is 0 Å². The first-order chi connectivity index (χ1) is 8.10. The number of nitrogens with zero attached hydrogens (tertiary/aromatic N) is 1. The topological polar surface area (TPSA) is 86.7 Å². The molecule has 0 aromatic rings. The van der Waals surface area contributed by atoms with Gasteiger partial charge in [0.2, 0.25) is 0 Å². The van der Waals surface area contributed by atoms with Gasteiger partial charge in [-0.05, 0) is 13.3 Å². The Labute approximate surface area is 108 Å². The Morgan fingerprint density at radius 1 is 1.33 bits per heavy atom. The second kappa shape index (κ2) is 7.33. The highest BCUT2D eigenvalue weighted by atomic mass is 16.5. The molecule has 0 rings (SSSR count). The van der Waals surface area contributed by atoms with E-state index >= 15 is 0 Å². The van der Waals surface area contributed by atoms with Crippen LogP contribution in [0, 0.1) is 0 Å². The molecule has 6 heteroatoms. The minimum atomic E-state index is -1.24. The van der Waals surface area contributed by atoms with E-state index in [4.69, 9.17) is 9.84 Å². The lowest BCUT2D eigenvalue weighted by Crippen LogP contribution is -2.45. The van der Waals surface area contributed by atoms with Gasteiger partial charge in [0.1, 0.15) is 6.54 Å². The van der Waals surface area contributed by atoms with Gasteiger partial charge in [-0.25, -0.2) is 0 Å². The van der Waals surface area contributed by atoms with E-state index in [1.807, 2.05) is 21.1 Å². The standard InChI is InChI=1S/C12H23NO5/c1-9(14)5-6-12(17)18-10(7-11(15)16)8-13(2,3)4/h9-10,14H,5-8H2,1-4H3. The molecule has 0 aliphatic rings. The Morgan fingerprint density at radius 3 is 2.28 bits per heavy atom. The average Bonchev–Trinajstić information content (AvgIpc) is 2.10. The Morgan fingerprint density at radius 2 is 1.89 bits per heavy atom. The maximum atomic E-state index is 11.5. The molecule has 106 valence electrons. The van der Waals surface area contributed by atoms with Crippen molar-refractivity contribution in [1.82, 2.24) is 0 Å². The first-order valence-corrected chi connectivity index (χ1v) is 5.98. The second-order valence-electron chi connectivity index (χ2n) is 5.55. The summed E-state index contributed by atoms with van der Waals surface area (Å²) in [6.45, 7) is 1.98. The fraction of sp³-hybridized carbons (Fsp3) is 0.833. The van der Waals surface area contributed by atoms with Crippen molar-refractivity contribution < 1.29 is 29.0 Å². The summed E-state index contributed by atoms with van der Waals surface area (Å²) < 4.78 is 5.59. The smallest absolute Gasteiger partial charge is 0.306 e. The number of carboxylic acid groups (broad SMARTS) is 1. The summed E-state index contributed by atoms with van der Waals surface area (Å²) in [5.74, 6) is -1.73. The van der Waals surface area contributed by atoms with Gasteiger partial charge >= 0.3 is 5.97 Å². The molecular weight excluding hydrogens is 238 g/mol. The van der Waals surface area contributed by atoms with Crippen LogP contribution in [-0.4, -0.2) is 61.4 Å². The number of carbonyl (C=O) groups is 2. The molecule has 1 N–H and O–H groups in total. The van der Waals surface area contributed by atoms with Crippen LogP contribution in [0.2, 0.25) is 0 Å². The average molecular weight is 261 g/mol. The zero-order valence-corrected chi connectivity index (χ0v) is 11.5. The zero-order chi connectivity index (χ0) is 14.3. The highest BCUT2D eigenvalue weighted by Crippen LogP contribution is 2.07. The molecule has 0 saturated heterocycles. The molecule has 2 atom stereocenters. The number of likely N-dealkylation sites (N-methyl/N-ethyl adjacent to an activating group) is 1. The number of aliphatic hydroxyl groups is 1. The van der Waals surface area contributed by atoms with Crippen molar-refractivity contribution >= 4 is 11.9 Å². The van der Waals surface area contributed by atoms with Crippen LogP contribution < -0.4 is 5.11 Å². The van der Waals surface area contributed by atoms with Gasteiger partial charge in [0.15, 0.2) is 6.10 Å². The summed E-state index contributed by atoms with van der Waals surface area (Å²) in [4.78, 5) is 22.1. The number of carbonyl (C=O) groups excluding carboxylic acids is 2. The van der Waals surface area contributed by atoms with Crippen molar-refractivity contribution in [1.29, 1.82) is 0 Å². The van der Waals surface area contributed by atoms with Crippen molar-refractivity contribution in [3.63, 3.8) is 0 Å². The van der Waals surface area contributed by atoms with E-state index in [-0.39, 0.29) is 12.8 Å². The molecule has 0 aliphatic carbocycles. The predicted octanol–water partition coefficient (Wildman–Crippen LogP) is -1.09. The largest absolute Gasteiger partial charge is 0.550 e. The van der Waals surface area contributed by atoms with Gasteiger partial charge in [-0.15, -0.1) is 0 Å². The second-order valence-corrected chi connectivity index (χ2v) is 5.55. The third-order valence-corrected chi connectivity index (χ3v) is 2.21. The summed E-state index contributed by atoms with van der Waals surface area (Å²) >= 11 is 0. The molecule has 0 radical (unpaired) electrons. The van der Waals surface area contributed by atoms with Gasteiger partial charge in [-0.1, -0.05) is 0 Å². The van der Waals surface area contributed by atoms with Gasteiger partial charge in [-0.2, -0.15) is 0 Å². The maximum Gasteiger partial charge on any atom is 0.306 e. The Hall–Kier alpha value is -1.14. The normalized spacial score (nSPS) is 14.9. The number of aliphatic hydroxyl groups excluding tert-OH is 1. The van der Waals surface area contributed by atoms with Crippen LogP contribution in [0.4, 0.5) is 0 Å². The number of rotatable bonds is 8. The monoisotopic (exact) mass is 261 g/mol. The van der Waals surface area contributed by atoms with Crippen LogP contribution in [0.1, 0.15) is 26.2 Å². The molecule has 0 fully saturated rings. The van der Waals surface area contributed by atoms with E-state index in [0.717, 1.165) is 0 Å². The Bertz CT molecular complexity index is 283. The lowest BCUT2D eigenvalue weighted by molar-refractivity contribution is -0.873. The van der Waals surface area contributed by atoms with Crippen molar-refractivity contribution in [3.8, 4) is 0 Å². The van der Waals surface area contributed by atoms with Gasteiger partial charge in [0, 0.05) is 18.8 Å².